The molecule has 0 heterocycles. The molecule has 0 unspecified atom stereocenters. The molecule has 0 radical (unpaired) electrons. The molecule has 0 saturated heterocycles. The summed E-state index contributed by atoms with van der Waals surface area (Å²) in [6.45, 7) is 2.58. The van der Waals surface area contributed by atoms with Gasteiger partial charge in [-0.15, -0.1) is 0 Å². The zero-order valence-electron chi connectivity index (χ0n) is 11.5. The Labute approximate surface area is 170 Å². The van der Waals surface area contributed by atoms with E-state index in [9.17, 15) is 0 Å². The van der Waals surface area contributed by atoms with Gasteiger partial charge in [0.05, 0.1) is 0 Å². The molecule has 0 rings (SSSR count). The molecule has 0 aliphatic carbocycles. The third-order valence-electron chi connectivity index (χ3n) is 1.51. The molecule has 0 bridgehead atoms. The van der Waals surface area contributed by atoms with Crippen molar-refractivity contribution in [3.8, 4) is 0 Å². The van der Waals surface area contributed by atoms with Gasteiger partial charge in [0, 0.05) is 6.61 Å². The van der Waals surface area contributed by atoms with E-state index in [1.165, 1.54) is 32.1 Å². The Balaban J connectivity index is -0.0000000533. The average molecular weight is 294 g/mol. The van der Waals surface area contributed by atoms with E-state index in [0.717, 1.165) is 6.42 Å². The smallest absolute Gasteiger partial charge is 0.822 e. The standard InChI is InChI=1S/C8H18O.3Na.H3O4P/c1-2-3-4-5-6-7-8-9;;;;1-5(2,3)4/h9H,2-8H2,1H3;;;;(H3,1,2,3,4)/q;3*+1;/p-3. The van der Waals surface area contributed by atoms with E-state index in [4.69, 9.17) is 24.4 Å². The number of aliphatic hydroxyl groups excluding tert-OH is 1. The van der Waals surface area contributed by atoms with E-state index >= 15 is 0 Å². The summed E-state index contributed by atoms with van der Waals surface area (Å²) in [5.41, 5.74) is 0. The number of rotatable bonds is 6. The largest absolute Gasteiger partial charge is 1.00 e. The van der Waals surface area contributed by atoms with Gasteiger partial charge in [0.25, 0.3) is 0 Å². The van der Waals surface area contributed by atoms with Crippen LogP contribution in [0.5, 0.6) is 0 Å². The van der Waals surface area contributed by atoms with Crippen LogP contribution in [-0.2, 0) is 4.57 Å². The summed E-state index contributed by atoms with van der Waals surface area (Å²) in [4.78, 5) is 25.6. The third kappa shape index (κ3) is 67.5. The summed E-state index contributed by atoms with van der Waals surface area (Å²) in [7, 11) is -5.39. The van der Waals surface area contributed by atoms with Gasteiger partial charge in [-0.3, -0.25) is 0 Å². The number of hydrogen-bond acceptors (Lipinski definition) is 5. The van der Waals surface area contributed by atoms with E-state index in [-0.39, 0.29) is 88.7 Å². The third-order valence-corrected chi connectivity index (χ3v) is 1.51. The second kappa shape index (κ2) is 24.1. The van der Waals surface area contributed by atoms with Crippen molar-refractivity contribution in [3.63, 3.8) is 0 Å². The molecule has 1 N–H and O–H groups in total. The van der Waals surface area contributed by atoms with Gasteiger partial charge >= 0.3 is 88.7 Å². The Hall–Kier alpha value is 3.07. The summed E-state index contributed by atoms with van der Waals surface area (Å²) in [5.74, 6) is 0. The van der Waals surface area contributed by atoms with Crippen LogP contribution >= 0.6 is 7.82 Å². The van der Waals surface area contributed by atoms with Gasteiger partial charge in [-0.2, -0.15) is 7.82 Å². The summed E-state index contributed by atoms with van der Waals surface area (Å²) < 4.78 is 8.55. The predicted molar refractivity (Wildman–Crippen MR) is 48.1 cm³/mol. The van der Waals surface area contributed by atoms with Crippen molar-refractivity contribution in [3.05, 3.63) is 0 Å². The summed E-state index contributed by atoms with van der Waals surface area (Å²) in [6, 6.07) is 0. The number of phosphoric acid groups is 1. The SMILES string of the molecule is CCCCCCCCO.O=P([O-])([O-])[O-].[Na+].[Na+].[Na+]. The normalized spacial score (nSPS) is 8.76. The first-order chi connectivity index (χ1) is 6.41. The van der Waals surface area contributed by atoms with Crippen molar-refractivity contribution < 1.29 is 113 Å². The molecule has 0 fully saturated rings. The van der Waals surface area contributed by atoms with Gasteiger partial charge in [-0.25, -0.2) is 0 Å². The van der Waals surface area contributed by atoms with Crippen molar-refractivity contribution in [1.82, 2.24) is 0 Å². The first kappa shape index (κ1) is 32.1. The molecule has 17 heavy (non-hydrogen) atoms. The van der Waals surface area contributed by atoms with Crippen LogP contribution in [0.3, 0.4) is 0 Å². The van der Waals surface area contributed by atoms with Gasteiger partial charge < -0.3 is 24.4 Å². The summed E-state index contributed by atoms with van der Waals surface area (Å²) in [5, 5.41) is 8.42. The molecule has 9 heteroatoms. The van der Waals surface area contributed by atoms with E-state index < -0.39 is 7.82 Å². The zero-order valence-corrected chi connectivity index (χ0v) is 18.4. The van der Waals surface area contributed by atoms with E-state index in [2.05, 4.69) is 6.92 Å². The molecule has 0 aromatic heterocycles. The topological polar surface area (TPSA) is 106 Å². The molecular weight excluding hydrogens is 276 g/mol. The van der Waals surface area contributed by atoms with Crippen LogP contribution < -0.4 is 103 Å². The van der Waals surface area contributed by atoms with Crippen LogP contribution in [0.1, 0.15) is 45.4 Å². The van der Waals surface area contributed by atoms with Crippen LogP contribution in [0.4, 0.5) is 0 Å². The van der Waals surface area contributed by atoms with Gasteiger partial charge in [0.2, 0.25) is 0 Å². The monoisotopic (exact) mass is 294 g/mol. The van der Waals surface area contributed by atoms with E-state index in [1.54, 1.807) is 0 Å². The van der Waals surface area contributed by atoms with E-state index in [1.807, 2.05) is 0 Å². The van der Waals surface area contributed by atoms with Crippen LogP contribution in [-0.4, -0.2) is 11.7 Å². The average Bonchev–Trinajstić information content (AvgIpc) is 2.01. The van der Waals surface area contributed by atoms with Crippen LogP contribution in [0.2, 0.25) is 0 Å². The quantitative estimate of drug-likeness (QED) is 0.297. The molecule has 0 aliphatic rings. The first-order valence-corrected chi connectivity index (χ1v) is 6.21. The summed E-state index contributed by atoms with van der Waals surface area (Å²) >= 11 is 0. The maximum absolute atomic E-state index is 8.55. The Morgan fingerprint density at radius 2 is 1.18 bits per heavy atom. The number of aliphatic hydroxyl groups is 1. The second-order valence-corrected chi connectivity index (χ2v) is 3.83. The molecule has 0 saturated carbocycles. The van der Waals surface area contributed by atoms with Crippen LogP contribution in [0, 0.1) is 0 Å². The van der Waals surface area contributed by atoms with Crippen molar-refractivity contribution in [2.45, 2.75) is 45.4 Å². The van der Waals surface area contributed by atoms with Crippen molar-refractivity contribution >= 4 is 7.82 Å². The maximum atomic E-state index is 8.55. The minimum absolute atomic E-state index is 0. The Kier molecular flexibility index (Phi) is 45.6. The van der Waals surface area contributed by atoms with Crippen molar-refractivity contribution in [2.24, 2.45) is 0 Å². The van der Waals surface area contributed by atoms with Crippen LogP contribution in [0.15, 0.2) is 0 Å². The minimum Gasteiger partial charge on any atom is -0.822 e. The van der Waals surface area contributed by atoms with Crippen LogP contribution in [0.25, 0.3) is 0 Å². The molecular formula is C8H18Na3O5P. The van der Waals surface area contributed by atoms with Crippen molar-refractivity contribution in [2.75, 3.05) is 6.61 Å². The molecule has 0 amide bonds. The first-order valence-electron chi connectivity index (χ1n) is 4.75. The fraction of sp³-hybridized carbons (Fsp3) is 1.00. The van der Waals surface area contributed by atoms with Gasteiger partial charge in [-0.05, 0) is 6.42 Å². The Bertz CT molecular complexity index is 142. The van der Waals surface area contributed by atoms with Crippen molar-refractivity contribution in [1.29, 1.82) is 0 Å². The van der Waals surface area contributed by atoms with E-state index in [0.29, 0.717) is 6.61 Å². The fourth-order valence-electron chi connectivity index (χ4n) is 0.892. The second-order valence-electron chi connectivity index (χ2n) is 2.94. The molecule has 0 spiro atoms. The summed E-state index contributed by atoms with van der Waals surface area (Å²) in [6.07, 6.45) is 7.50. The van der Waals surface area contributed by atoms with Gasteiger partial charge in [0.15, 0.2) is 0 Å². The molecule has 0 aliphatic heterocycles. The maximum Gasteiger partial charge on any atom is 1.00 e. The number of unbranched alkanes of at least 4 members (excludes halogenated alkanes) is 5. The van der Waals surface area contributed by atoms with Gasteiger partial charge in [0.1, 0.15) is 0 Å². The Morgan fingerprint density at radius 1 is 0.882 bits per heavy atom. The Morgan fingerprint density at radius 3 is 1.47 bits per heavy atom. The molecule has 0 aromatic carbocycles. The van der Waals surface area contributed by atoms with Gasteiger partial charge in [-0.1, -0.05) is 39.0 Å². The molecule has 0 atom stereocenters. The zero-order chi connectivity index (χ0) is 11.4. The minimum atomic E-state index is -5.39. The predicted octanol–water partition coefficient (Wildman–Crippen LogP) is -9.47. The molecule has 0 aromatic rings. The fourth-order valence-corrected chi connectivity index (χ4v) is 0.892. The number of hydrogen-bond donors (Lipinski definition) is 1. The molecule has 5 nitrogen and oxygen atoms in total. The molecule has 88 valence electrons.